The normalized spacial score (nSPS) is 30.4. The van der Waals surface area contributed by atoms with E-state index in [0.717, 1.165) is 28.7 Å². The third-order valence-electron chi connectivity index (χ3n) is 4.74. The Kier molecular flexibility index (Phi) is 1.99. The molecule has 0 radical (unpaired) electrons. The smallest absolute Gasteiger partial charge is 0.202 e. The molecule has 2 aliphatic rings. The van der Waals surface area contributed by atoms with Crippen molar-refractivity contribution >= 4 is 17.1 Å². The van der Waals surface area contributed by atoms with Crippen molar-refractivity contribution in [2.75, 3.05) is 5.73 Å². The lowest BCUT2D eigenvalue weighted by atomic mass is 9.95. The van der Waals surface area contributed by atoms with Gasteiger partial charge < -0.3 is 5.73 Å². The number of hydrogen-bond donors (Lipinski definition) is 1. The van der Waals surface area contributed by atoms with Crippen molar-refractivity contribution in [1.82, 2.24) is 14.5 Å². The summed E-state index contributed by atoms with van der Waals surface area (Å²) in [6, 6.07) is 4.56. The molecule has 94 valence electrons. The van der Waals surface area contributed by atoms with Crippen LogP contribution in [0.2, 0.25) is 0 Å². The van der Waals surface area contributed by atoms with Gasteiger partial charge in [0.1, 0.15) is 5.52 Å². The first-order chi connectivity index (χ1) is 8.72. The minimum absolute atomic E-state index is 0.531. The van der Waals surface area contributed by atoms with Crippen LogP contribution in [0.4, 0.5) is 5.95 Å². The van der Waals surface area contributed by atoms with Gasteiger partial charge in [-0.2, -0.15) is 0 Å². The average Bonchev–Trinajstić information content (AvgIpc) is 3.01. The second-order valence-corrected chi connectivity index (χ2v) is 5.88. The number of nitrogen functional groups attached to an aromatic ring is 1. The summed E-state index contributed by atoms with van der Waals surface area (Å²) in [7, 11) is 0. The van der Waals surface area contributed by atoms with Crippen LogP contribution in [0.3, 0.4) is 0 Å². The maximum atomic E-state index is 6.13. The molecular formula is C14H18N4. The van der Waals surface area contributed by atoms with Crippen molar-refractivity contribution in [3.8, 4) is 0 Å². The molecule has 2 fully saturated rings. The van der Waals surface area contributed by atoms with E-state index in [0.29, 0.717) is 12.0 Å². The number of aryl methyl sites for hydroxylation is 1. The van der Waals surface area contributed by atoms with E-state index in [1.54, 1.807) is 0 Å². The Hall–Kier alpha value is -1.58. The third-order valence-corrected chi connectivity index (χ3v) is 4.74. The Morgan fingerprint density at radius 1 is 1.22 bits per heavy atom. The van der Waals surface area contributed by atoms with E-state index in [4.69, 9.17) is 5.73 Å². The van der Waals surface area contributed by atoms with Crippen LogP contribution in [0.5, 0.6) is 0 Å². The Labute approximate surface area is 106 Å². The SMILES string of the molecule is Cc1ccc2nc(N)n(C3CC4CCC3C4)c2n1. The van der Waals surface area contributed by atoms with Crippen molar-refractivity contribution in [2.45, 2.75) is 38.6 Å². The van der Waals surface area contributed by atoms with Crippen LogP contribution in [0.25, 0.3) is 11.2 Å². The number of hydrogen-bond acceptors (Lipinski definition) is 3. The minimum Gasteiger partial charge on any atom is -0.369 e. The predicted octanol–water partition coefficient (Wildman–Crippen LogP) is 2.68. The first-order valence-corrected chi connectivity index (χ1v) is 6.83. The van der Waals surface area contributed by atoms with Crippen LogP contribution in [0.15, 0.2) is 12.1 Å². The number of imidazole rings is 1. The fourth-order valence-corrected chi connectivity index (χ4v) is 3.94. The molecule has 2 heterocycles. The van der Waals surface area contributed by atoms with Crippen LogP contribution < -0.4 is 5.73 Å². The molecule has 3 unspecified atom stereocenters. The molecule has 0 spiro atoms. The zero-order valence-electron chi connectivity index (χ0n) is 10.6. The van der Waals surface area contributed by atoms with Gasteiger partial charge in [-0.3, -0.25) is 4.57 Å². The number of fused-ring (bicyclic) bond motifs is 3. The Morgan fingerprint density at radius 3 is 2.83 bits per heavy atom. The van der Waals surface area contributed by atoms with Crippen molar-refractivity contribution in [3.63, 3.8) is 0 Å². The Balaban J connectivity index is 1.88. The largest absolute Gasteiger partial charge is 0.369 e. The van der Waals surface area contributed by atoms with Crippen LogP contribution in [0.1, 0.15) is 37.4 Å². The fraction of sp³-hybridized carbons (Fsp3) is 0.571. The van der Waals surface area contributed by atoms with Gasteiger partial charge in [-0.15, -0.1) is 0 Å². The first-order valence-electron chi connectivity index (χ1n) is 6.83. The van der Waals surface area contributed by atoms with Crippen molar-refractivity contribution in [2.24, 2.45) is 11.8 Å². The van der Waals surface area contributed by atoms with Gasteiger partial charge in [-0.1, -0.05) is 6.42 Å². The van der Waals surface area contributed by atoms with E-state index >= 15 is 0 Å². The molecular weight excluding hydrogens is 224 g/mol. The van der Waals surface area contributed by atoms with E-state index < -0.39 is 0 Å². The van der Waals surface area contributed by atoms with Crippen LogP contribution in [-0.2, 0) is 0 Å². The van der Waals surface area contributed by atoms with Crippen LogP contribution in [0, 0.1) is 18.8 Å². The summed E-state index contributed by atoms with van der Waals surface area (Å²) in [5.74, 6) is 2.33. The quantitative estimate of drug-likeness (QED) is 0.836. The van der Waals surface area contributed by atoms with Crippen molar-refractivity contribution in [1.29, 1.82) is 0 Å². The van der Waals surface area contributed by atoms with Gasteiger partial charge in [0.15, 0.2) is 5.65 Å². The molecule has 2 saturated carbocycles. The molecule has 3 atom stereocenters. The van der Waals surface area contributed by atoms with Gasteiger partial charge in [-0.25, -0.2) is 9.97 Å². The molecule has 0 amide bonds. The number of rotatable bonds is 1. The molecule has 0 aromatic carbocycles. The molecule has 4 heteroatoms. The van der Waals surface area contributed by atoms with E-state index in [9.17, 15) is 0 Å². The fourth-order valence-electron chi connectivity index (χ4n) is 3.94. The summed E-state index contributed by atoms with van der Waals surface area (Å²) >= 11 is 0. The lowest BCUT2D eigenvalue weighted by Crippen LogP contribution is -2.18. The maximum Gasteiger partial charge on any atom is 0.202 e. The summed E-state index contributed by atoms with van der Waals surface area (Å²) in [6.07, 6.45) is 5.38. The highest BCUT2D eigenvalue weighted by molar-refractivity contribution is 5.74. The summed E-state index contributed by atoms with van der Waals surface area (Å²) in [4.78, 5) is 9.11. The highest BCUT2D eigenvalue weighted by atomic mass is 15.2. The molecule has 2 bridgehead atoms. The summed E-state index contributed by atoms with van der Waals surface area (Å²) in [6.45, 7) is 2.02. The number of nitrogens with zero attached hydrogens (tertiary/aromatic N) is 3. The summed E-state index contributed by atoms with van der Waals surface area (Å²) in [5, 5.41) is 0. The Morgan fingerprint density at radius 2 is 2.11 bits per heavy atom. The molecule has 2 aliphatic carbocycles. The molecule has 0 aliphatic heterocycles. The third kappa shape index (κ3) is 1.32. The van der Waals surface area contributed by atoms with Gasteiger partial charge in [0.2, 0.25) is 5.95 Å². The summed E-state index contributed by atoms with van der Waals surface area (Å²) in [5.41, 5.74) is 9.07. The van der Waals surface area contributed by atoms with E-state index in [2.05, 4.69) is 14.5 Å². The highest BCUT2D eigenvalue weighted by Crippen LogP contribution is 2.51. The van der Waals surface area contributed by atoms with E-state index in [1.165, 1.54) is 25.7 Å². The average molecular weight is 242 g/mol. The molecule has 0 saturated heterocycles. The van der Waals surface area contributed by atoms with Crippen molar-refractivity contribution < 1.29 is 0 Å². The molecule has 2 aromatic heterocycles. The second kappa shape index (κ2) is 3.46. The first kappa shape index (κ1) is 10.4. The highest BCUT2D eigenvalue weighted by Gasteiger charge is 2.41. The second-order valence-electron chi connectivity index (χ2n) is 5.88. The zero-order chi connectivity index (χ0) is 12.3. The van der Waals surface area contributed by atoms with E-state index in [-0.39, 0.29) is 0 Å². The predicted molar refractivity (Wildman–Crippen MR) is 71.2 cm³/mol. The molecule has 18 heavy (non-hydrogen) atoms. The topological polar surface area (TPSA) is 56.7 Å². The number of pyridine rings is 1. The van der Waals surface area contributed by atoms with Gasteiger partial charge in [0, 0.05) is 11.7 Å². The van der Waals surface area contributed by atoms with Gasteiger partial charge in [0.05, 0.1) is 0 Å². The van der Waals surface area contributed by atoms with Gasteiger partial charge >= 0.3 is 0 Å². The molecule has 2 N–H and O–H groups in total. The van der Waals surface area contributed by atoms with E-state index in [1.807, 2.05) is 19.1 Å². The standard InChI is InChI=1S/C14H18N4/c1-8-2-5-11-13(16-8)18(14(15)17-11)12-7-9-3-4-10(12)6-9/h2,5,9-10,12H,3-4,6-7H2,1H3,(H2,15,17). The van der Waals surface area contributed by atoms with Crippen LogP contribution >= 0.6 is 0 Å². The van der Waals surface area contributed by atoms with Crippen LogP contribution in [-0.4, -0.2) is 14.5 Å². The minimum atomic E-state index is 0.531. The maximum absolute atomic E-state index is 6.13. The lowest BCUT2D eigenvalue weighted by Gasteiger charge is -2.24. The monoisotopic (exact) mass is 242 g/mol. The lowest BCUT2D eigenvalue weighted by molar-refractivity contribution is 0.338. The molecule has 4 nitrogen and oxygen atoms in total. The molecule has 4 rings (SSSR count). The van der Waals surface area contributed by atoms with Gasteiger partial charge in [-0.05, 0) is 50.2 Å². The molecule has 2 aromatic rings. The summed E-state index contributed by atoms with van der Waals surface area (Å²) < 4.78 is 2.20. The number of nitrogens with two attached hydrogens (primary N) is 1. The Bertz CT molecular complexity index is 616. The number of aromatic nitrogens is 3. The van der Waals surface area contributed by atoms with Crippen molar-refractivity contribution in [3.05, 3.63) is 17.8 Å². The van der Waals surface area contributed by atoms with Gasteiger partial charge in [0.25, 0.3) is 0 Å². The number of anilines is 1. The zero-order valence-corrected chi connectivity index (χ0v) is 10.6.